The molecule has 0 saturated carbocycles. The van der Waals surface area contributed by atoms with E-state index in [0.717, 1.165) is 45.3 Å². The van der Waals surface area contributed by atoms with Crippen LogP contribution in [0, 0.1) is 13.8 Å². The summed E-state index contributed by atoms with van der Waals surface area (Å²) in [6, 6.07) is 17.4. The van der Waals surface area contributed by atoms with Crippen molar-refractivity contribution in [1.29, 1.82) is 0 Å². The van der Waals surface area contributed by atoms with E-state index in [4.69, 9.17) is 21.1 Å². The van der Waals surface area contributed by atoms with Crippen LogP contribution in [0.25, 0.3) is 10.9 Å². The van der Waals surface area contributed by atoms with Gasteiger partial charge in [0.1, 0.15) is 17.9 Å². The molecule has 0 bridgehead atoms. The fraction of sp³-hybridized carbons (Fsp3) is 0.300. The van der Waals surface area contributed by atoms with Crippen molar-refractivity contribution in [3.8, 4) is 11.6 Å². The summed E-state index contributed by atoms with van der Waals surface area (Å²) in [5, 5.41) is 1.33. The molecule has 6 nitrogen and oxygen atoms in total. The second-order valence-corrected chi connectivity index (χ2v) is 9.96. The van der Waals surface area contributed by atoms with Crippen LogP contribution in [0.15, 0.2) is 60.9 Å². The number of benzene rings is 3. The molecular formula is C30H32ClN3O3. The summed E-state index contributed by atoms with van der Waals surface area (Å²) < 4.78 is 11.7. The van der Waals surface area contributed by atoms with E-state index in [1.165, 1.54) is 6.33 Å². The number of fused-ring (bicyclic) bond motifs is 1. The summed E-state index contributed by atoms with van der Waals surface area (Å²) >= 11 is 6.53. The number of hydrogen-bond acceptors (Lipinski definition) is 6. The molecular weight excluding hydrogens is 486 g/mol. The minimum Gasteiger partial charge on any atom is -0.438 e. The number of carbonyl (C=O) groups excluding carboxylic acids is 1. The molecule has 0 amide bonds. The first kappa shape index (κ1) is 26.7. The highest BCUT2D eigenvalue weighted by molar-refractivity contribution is 6.31. The van der Waals surface area contributed by atoms with E-state index in [9.17, 15) is 4.79 Å². The minimum absolute atomic E-state index is 0.0955. The number of nitrogens with zero attached hydrogens (tertiary/aromatic N) is 3. The molecule has 37 heavy (non-hydrogen) atoms. The summed E-state index contributed by atoms with van der Waals surface area (Å²) in [6.45, 7) is 6.24. The molecule has 0 atom stereocenters. The number of aryl methyl sites for hydroxylation is 2. The molecule has 3 aromatic carbocycles. The van der Waals surface area contributed by atoms with Gasteiger partial charge in [-0.05, 0) is 80.0 Å². The van der Waals surface area contributed by atoms with Crippen LogP contribution < -0.4 is 4.74 Å². The molecule has 0 fully saturated rings. The number of halogens is 1. The van der Waals surface area contributed by atoms with Gasteiger partial charge in [0.2, 0.25) is 5.88 Å². The van der Waals surface area contributed by atoms with Crippen molar-refractivity contribution in [2.75, 3.05) is 27.2 Å². The molecule has 4 rings (SSSR count). The van der Waals surface area contributed by atoms with Crippen LogP contribution in [0.1, 0.15) is 27.8 Å². The molecule has 0 N–H and O–H groups in total. The first-order valence-electron chi connectivity index (χ1n) is 12.3. The zero-order valence-corrected chi connectivity index (χ0v) is 22.5. The molecule has 192 valence electrons. The zero-order chi connectivity index (χ0) is 26.4. The predicted molar refractivity (Wildman–Crippen MR) is 148 cm³/mol. The minimum atomic E-state index is 0.0955. The Kier molecular flexibility index (Phi) is 8.87. The highest BCUT2D eigenvalue weighted by Gasteiger charge is 2.12. The Morgan fingerprint density at radius 2 is 1.65 bits per heavy atom. The van der Waals surface area contributed by atoms with E-state index in [1.54, 1.807) is 6.07 Å². The Labute approximate surface area is 223 Å². The smallest absolute Gasteiger partial charge is 0.230 e. The van der Waals surface area contributed by atoms with Gasteiger partial charge < -0.3 is 14.4 Å². The van der Waals surface area contributed by atoms with Crippen LogP contribution in [0.3, 0.4) is 0 Å². The third-order valence-corrected chi connectivity index (χ3v) is 6.57. The summed E-state index contributed by atoms with van der Waals surface area (Å²) in [6.07, 6.45) is 2.09. The zero-order valence-electron chi connectivity index (χ0n) is 21.8. The van der Waals surface area contributed by atoms with Gasteiger partial charge in [-0.15, -0.1) is 0 Å². The van der Waals surface area contributed by atoms with E-state index in [0.29, 0.717) is 36.3 Å². The topological polar surface area (TPSA) is 64.5 Å². The number of Topliss-reactive ketones (excluding diaryl/α,β-unsaturated/α-hetero) is 1. The Bertz CT molecular complexity index is 1390. The lowest BCUT2D eigenvalue weighted by molar-refractivity contribution is -0.117. The Balaban J connectivity index is 1.35. The lowest BCUT2D eigenvalue weighted by Gasteiger charge is -2.11. The van der Waals surface area contributed by atoms with Crippen LogP contribution in [-0.4, -0.2) is 47.9 Å². The van der Waals surface area contributed by atoms with Crippen LogP contribution in [0.4, 0.5) is 0 Å². The number of ketones is 1. The van der Waals surface area contributed by atoms with Gasteiger partial charge in [0.25, 0.3) is 0 Å². The highest BCUT2D eigenvalue weighted by atomic mass is 35.5. The Hall–Kier alpha value is -3.32. The molecule has 0 unspecified atom stereocenters. The number of ether oxygens (including phenoxy) is 2. The lowest BCUT2D eigenvalue weighted by atomic mass is 10.0. The van der Waals surface area contributed by atoms with Crippen LogP contribution in [0.2, 0.25) is 5.02 Å². The third kappa shape index (κ3) is 7.35. The van der Waals surface area contributed by atoms with Gasteiger partial charge >= 0.3 is 0 Å². The summed E-state index contributed by atoms with van der Waals surface area (Å²) in [4.78, 5) is 23.5. The van der Waals surface area contributed by atoms with Crippen molar-refractivity contribution in [2.45, 2.75) is 33.3 Å². The quantitative estimate of drug-likeness (QED) is 0.223. The second-order valence-electron chi connectivity index (χ2n) is 9.55. The van der Waals surface area contributed by atoms with E-state index in [1.807, 2.05) is 69.6 Å². The second kappa shape index (κ2) is 12.3. The predicted octanol–water partition coefficient (Wildman–Crippen LogP) is 6.12. The lowest BCUT2D eigenvalue weighted by Crippen LogP contribution is -2.17. The van der Waals surface area contributed by atoms with Gasteiger partial charge in [-0.1, -0.05) is 41.9 Å². The molecule has 0 aliphatic heterocycles. The average molecular weight is 518 g/mol. The first-order valence-corrected chi connectivity index (χ1v) is 12.7. The average Bonchev–Trinajstić information content (AvgIpc) is 2.85. The molecule has 0 radical (unpaired) electrons. The SMILES string of the molecule is Cc1cc2ncnc(Oc3ccc(CC(=O)Cc4ccc(COCCN(C)C)cc4)c(Cl)c3)c2cc1C. The number of carbonyl (C=O) groups is 1. The van der Waals surface area contributed by atoms with Crippen LogP contribution in [0.5, 0.6) is 11.6 Å². The van der Waals surface area contributed by atoms with Gasteiger partial charge in [-0.3, -0.25) is 4.79 Å². The van der Waals surface area contributed by atoms with Crippen molar-refractivity contribution in [3.63, 3.8) is 0 Å². The fourth-order valence-electron chi connectivity index (χ4n) is 3.91. The van der Waals surface area contributed by atoms with Crippen LogP contribution in [-0.2, 0) is 29.0 Å². The Morgan fingerprint density at radius 1 is 0.919 bits per heavy atom. The first-order chi connectivity index (χ1) is 17.8. The van der Waals surface area contributed by atoms with Gasteiger partial charge in [0.05, 0.1) is 24.1 Å². The highest BCUT2D eigenvalue weighted by Crippen LogP contribution is 2.31. The maximum Gasteiger partial charge on any atom is 0.230 e. The van der Waals surface area contributed by atoms with E-state index >= 15 is 0 Å². The van der Waals surface area contributed by atoms with E-state index in [-0.39, 0.29) is 12.2 Å². The molecule has 0 aliphatic carbocycles. The van der Waals surface area contributed by atoms with E-state index in [2.05, 4.69) is 21.8 Å². The summed E-state index contributed by atoms with van der Waals surface area (Å²) in [5.41, 5.74) is 5.96. The van der Waals surface area contributed by atoms with Crippen LogP contribution >= 0.6 is 11.6 Å². The maximum absolute atomic E-state index is 12.7. The van der Waals surface area contributed by atoms with Gasteiger partial charge in [0.15, 0.2) is 0 Å². The summed E-state index contributed by atoms with van der Waals surface area (Å²) in [5.74, 6) is 1.13. The standard InChI is InChI=1S/C30H32ClN3O3/c1-20-13-27-29(14-21(20)2)32-19-33-30(27)37-26-10-9-24(28(31)17-26)16-25(35)15-22-5-7-23(8-6-22)18-36-12-11-34(3)4/h5-10,13-14,17,19H,11-12,15-16,18H2,1-4H3. The van der Waals surface area contributed by atoms with Crippen molar-refractivity contribution >= 4 is 28.3 Å². The largest absolute Gasteiger partial charge is 0.438 e. The maximum atomic E-state index is 12.7. The molecule has 1 heterocycles. The molecule has 4 aromatic rings. The molecule has 1 aromatic heterocycles. The van der Waals surface area contributed by atoms with Gasteiger partial charge in [-0.25, -0.2) is 9.97 Å². The number of aromatic nitrogens is 2. The number of rotatable bonds is 11. The molecule has 0 saturated heterocycles. The van der Waals surface area contributed by atoms with Crippen molar-refractivity contribution in [1.82, 2.24) is 14.9 Å². The molecule has 7 heteroatoms. The monoisotopic (exact) mass is 517 g/mol. The Morgan fingerprint density at radius 3 is 2.38 bits per heavy atom. The normalized spacial score (nSPS) is 11.3. The fourth-order valence-corrected chi connectivity index (χ4v) is 4.15. The van der Waals surface area contributed by atoms with E-state index < -0.39 is 0 Å². The third-order valence-electron chi connectivity index (χ3n) is 6.22. The van der Waals surface area contributed by atoms with Crippen molar-refractivity contribution in [2.24, 2.45) is 0 Å². The number of likely N-dealkylation sites (N-methyl/N-ethyl adjacent to an activating group) is 1. The molecule has 0 aliphatic rings. The number of hydrogen-bond donors (Lipinski definition) is 0. The molecule has 0 spiro atoms. The van der Waals surface area contributed by atoms with Gasteiger partial charge in [0, 0.05) is 24.4 Å². The van der Waals surface area contributed by atoms with Crippen molar-refractivity contribution in [3.05, 3.63) is 93.8 Å². The summed E-state index contributed by atoms with van der Waals surface area (Å²) in [7, 11) is 4.04. The van der Waals surface area contributed by atoms with Gasteiger partial charge in [-0.2, -0.15) is 0 Å². The van der Waals surface area contributed by atoms with Crippen molar-refractivity contribution < 1.29 is 14.3 Å².